The van der Waals surface area contributed by atoms with Crippen LogP contribution in [-0.4, -0.2) is 57.3 Å². The highest BCUT2D eigenvalue weighted by molar-refractivity contribution is 5.80. The summed E-state index contributed by atoms with van der Waals surface area (Å²) >= 11 is 0. The maximum absolute atomic E-state index is 12.6. The number of nitrogens with one attached hydrogen (secondary N) is 1. The zero-order chi connectivity index (χ0) is 44.5. The minimum absolute atomic E-state index is 0.369. The molecular formula is C55H107NO5. The number of hydrogen-bond donors (Lipinski definition) is 5. The Morgan fingerprint density at radius 1 is 0.410 bits per heavy atom. The van der Waals surface area contributed by atoms with Crippen molar-refractivity contribution >= 4 is 5.91 Å². The van der Waals surface area contributed by atoms with Crippen molar-refractivity contribution in [2.24, 2.45) is 0 Å². The van der Waals surface area contributed by atoms with E-state index in [1.807, 2.05) is 0 Å². The van der Waals surface area contributed by atoms with Gasteiger partial charge in [-0.15, -0.1) is 0 Å². The molecule has 0 aromatic heterocycles. The van der Waals surface area contributed by atoms with Gasteiger partial charge in [-0.25, -0.2) is 0 Å². The molecule has 1 amide bonds. The summed E-state index contributed by atoms with van der Waals surface area (Å²) in [4.78, 5) is 12.6. The lowest BCUT2D eigenvalue weighted by Crippen LogP contribution is -2.53. The molecule has 0 aliphatic rings. The van der Waals surface area contributed by atoms with E-state index in [0.29, 0.717) is 12.8 Å². The molecule has 4 atom stereocenters. The fourth-order valence-corrected chi connectivity index (χ4v) is 8.61. The summed E-state index contributed by atoms with van der Waals surface area (Å²) in [6.07, 6.45) is 59.5. The fourth-order valence-electron chi connectivity index (χ4n) is 8.61. The number of carbonyl (C=O) groups excluding carboxylic acids is 1. The van der Waals surface area contributed by atoms with Crippen LogP contribution in [0.1, 0.15) is 290 Å². The van der Waals surface area contributed by atoms with Gasteiger partial charge in [-0.2, -0.15) is 0 Å². The molecule has 0 saturated heterocycles. The van der Waals surface area contributed by atoms with Crippen LogP contribution in [0, 0.1) is 0 Å². The van der Waals surface area contributed by atoms with Gasteiger partial charge in [-0.05, 0) is 44.9 Å². The molecule has 0 bridgehead atoms. The second-order valence-electron chi connectivity index (χ2n) is 18.9. The van der Waals surface area contributed by atoms with Crippen LogP contribution in [0.5, 0.6) is 0 Å². The topological polar surface area (TPSA) is 110 Å². The monoisotopic (exact) mass is 862 g/mol. The average Bonchev–Trinajstić information content (AvgIpc) is 3.26. The van der Waals surface area contributed by atoms with Crippen LogP contribution < -0.4 is 5.32 Å². The van der Waals surface area contributed by atoms with E-state index in [0.717, 1.165) is 44.9 Å². The molecule has 0 aliphatic heterocycles. The standard InChI is InChI=1S/C55H107NO5/c1-3-5-7-9-11-13-15-17-19-21-22-23-24-25-26-27-28-29-30-31-33-35-37-39-41-43-45-47-49-53(59)55(61)56-51(50-57)54(60)52(58)48-46-44-42-40-38-36-34-32-20-18-16-14-12-10-8-6-4-2/h22-23,25-26,51-54,57-60H,3-21,24,27-50H2,1-2H3,(H,56,61)/b23-22-,26-25-. The van der Waals surface area contributed by atoms with E-state index in [9.17, 15) is 25.2 Å². The first kappa shape index (κ1) is 59.8. The second-order valence-corrected chi connectivity index (χ2v) is 18.9. The molecule has 0 radical (unpaired) electrons. The Labute approximate surface area is 380 Å². The summed E-state index contributed by atoms with van der Waals surface area (Å²) in [5, 5.41) is 43.9. The highest BCUT2D eigenvalue weighted by atomic mass is 16.3. The Bertz CT molecular complexity index is 924. The molecule has 0 spiro atoms. The van der Waals surface area contributed by atoms with Gasteiger partial charge < -0.3 is 25.7 Å². The predicted octanol–water partition coefficient (Wildman–Crippen LogP) is 15.5. The van der Waals surface area contributed by atoms with Gasteiger partial charge in [0.05, 0.1) is 18.8 Å². The van der Waals surface area contributed by atoms with Gasteiger partial charge in [0.2, 0.25) is 5.91 Å². The van der Waals surface area contributed by atoms with Crippen LogP contribution in [0.4, 0.5) is 0 Å². The van der Waals surface area contributed by atoms with Gasteiger partial charge >= 0.3 is 0 Å². The zero-order valence-corrected chi connectivity index (χ0v) is 40.9. The molecular weight excluding hydrogens is 755 g/mol. The molecule has 5 N–H and O–H groups in total. The lowest BCUT2D eigenvalue weighted by atomic mass is 9.99. The van der Waals surface area contributed by atoms with Crippen LogP contribution in [0.2, 0.25) is 0 Å². The van der Waals surface area contributed by atoms with Crippen molar-refractivity contribution in [3.8, 4) is 0 Å². The molecule has 0 heterocycles. The van der Waals surface area contributed by atoms with Crippen LogP contribution in [-0.2, 0) is 4.79 Å². The zero-order valence-electron chi connectivity index (χ0n) is 40.9. The number of aliphatic hydroxyl groups excluding tert-OH is 4. The van der Waals surface area contributed by atoms with E-state index < -0.39 is 36.9 Å². The van der Waals surface area contributed by atoms with Crippen LogP contribution in [0.25, 0.3) is 0 Å². The third kappa shape index (κ3) is 43.8. The highest BCUT2D eigenvalue weighted by Gasteiger charge is 2.28. The van der Waals surface area contributed by atoms with Crippen molar-refractivity contribution in [3.05, 3.63) is 24.3 Å². The minimum atomic E-state index is -1.26. The van der Waals surface area contributed by atoms with E-state index >= 15 is 0 Å². The van der Waals surface area contributed by atoms with Gasteiger partial charge in [-0.3, -0.25) is 4.79 Å². The van der Waals surface area contributed by atoms with Crippen molar-refractivity contribution < 1.29 is 25.2 Å². The number of allylic oxidation sites excluding steroid dienone is 4. The Hall–Kier alpha value is -1.21. The summed E-state index contributed by atoms with van der Waals surface area (Å²) in [5.41, 5.74) is 0. The lowest BCUT2D eigenvalue weighted by molar-refractivity contribution is -0.132. The molecule has 6 heteroatoms. The summed E-state index contributed by atoms with van der Waals surface area (Å²) in [5.74, 6) is -0.581. The Morgan fingerprint density at radius 2 is 0.705 bits per heavy atom. The number of amides is 1. The number of aliphatic hydroxyl groups is 4. The summed E-state index contributed by atoms with van der Waals surface area (Å²) in [6, 6.07) is -0.985. The van der Waals surface area contributed by atoms with E-state index in [-0.39, 0.29) is 0 Å². The molecule has 0 rings (SSSR count). The normalized spacial score (nSPS) is 14.0. The number of hydrogen-bond acceptors (Lipinski definition) is 5. The van der Waals surface area contributed by atoms with Crippen LogP contribution in [0.3, 0.4) is 0 Å². The van der Waals surface area contributed by atoms with E-state index in [4.69, 9.17) is 0 Å². The molecule has 4 unspecified atom stereocenters. The number of unbranched alkanes of at least 4 members (excludes halogenated alkanes) is 37. The number of rotatable bonds is 50. The molecule has 0 saturated carbocycles. The summed E-state index contributed by atoms with van der Waals surface area (Å²) in [7, 11) is 0. The molecule has 0 aliphatic carbocycles. The number of carbonyl (C=O) groups is 1. The SMILES string of the molecule is CCCCCCCCCCC/C=C\C/C=C\CCCCCCCCCCCCCCC(O)C(=O)NC(CO)C(O)C(O)CCCCCCCCCCCCCCCCCCC. The van der Waals surface area contributed by atoms with Crippen molar-refractivity contribution in [1.29, 1.82) is 0 Å². The van der Waals surface area contributed by atoms with Gasteiger partial charge in [0.25, 0.3) is 0 Å². The van der Waals surface area contributed by atoms with Gasteiger partial charge in [-0.1, -0.05) is 269 Å². The van der Waals surface area contributed by atoms with Crippen molar-refractivity contribution in [2.45, 2.75) is 314 Å². The Balaban J connectivity index is 3.63. The molecule has 61 heavy (non-hydrogen) atoms. The average molecular weight is 862 g/mol. The van der Waals surface area contributed by atoms with Crippen LogP contribution in [0.15, 0.2) is 24.3 Å². The first-order chi connectivity index (χ1) is 30.0. The lowest BCUT2D eigenvalue weighted by Gasteiger charge is -2.27. The smallest absolute Gasteiger partial charge is 0.249 e. The quantitative estimate of drug-likeness (QED) is 0.0309. The molecule has 6 nitrogen and oxygen atoms in total. The van der Waals surface area contributed by atoms with Gasteiger partial charge in [0, 0.05) is 0 Å². The first-order valence-corrected chi connectivity index (χ1v) is 27.2. The first-order valence-electron chi connectivity index (χ1n) is 27.2. The molecule has 0 aromatic rings. The molecule has 362 valence electrons. The Morgan fingerprint density at radius 3 is 1.03 bits per heavy atom. The fraction of sp³-hybridized carbons (Fsp3) is 0.909. The third-order valence-electron chi connectivity index (χ3n) is 12.9. The van der Waals surface area contributed by atoms with E-state index in [1.165, 1.54) is 218 Å². The second kappa shape index (κ2) is 49.8. The van der Waals surface area contributed by atoms with Crippen molar-refractivity contribution in [2.75, 3.05) is 6.61 Å². The van der Waals surface area contributed by atoms with Crippen molar-refractivity contribution in [1.82, 2.24) is 5.32 Å². The molecule has 0 fully saturated rings. The van der Waals surface area contributed by atoms with Gasteiger partial charge in [0.1, 0.15) is 12.2 Å². The highest BCUT2D eigenvalue weighted by Crippen LogP contribution is 2.18. The van der Waals surface area contributed by atoms with Gasteiger partial charge in [0.15, 0.2) is 0 Å². The van der Waals surface area contributed by atoms with E-state index in [1.54, 1.807) is 0 Å². The minimum Gasteiger partial charge on any atom is -0.394 e. The maximum Gasteiger partial charge on any atom is 0.249 e. The Kier molecular flexibility index (Phi) is 48.8. The summed E-state index contributed by atoms with van der Waals surface area (Å²) in [6.45, 7) is 4.08. The van der Waals surface area contributed by atoms with Crippen molar-refractivity contribution in [3.63, 3.8) is 0 Å². The predicted molar refractivity (Wildman–Crippen MR) is 265 cm³/mol. The van der Waals surface area contributed by atoms with Crippen LogP contribution >= 0.6 is 0 Å². The largest absolute Gasteiger partial charge is 0.394 e. The van der Waals surface area contributed by atoms with E-state index in [2.05, 4.69) is 43.5 Å². The molecule has 0 aromatic carbocycles. The third-order valence-corrected chi connectivity index (χ3v) is 12.9. The maximum atomic E-state index is 12.6. The summed E-state index contributed by atoms with van der Waals surface area (Å²) < 4.78 is 0.